The Labute approximate surface area is 128 Å². The first kappa shape index (κ1) is 16.0. The molecular weight excluding hydrogens is 314 g/mol. The van der Waals surface area contributed by atoms with Crippen LogP contribution in [0.15, 0.2) is 29.3 Å². The summed E-state index contributed by atoms with van der Waals surface area (Å²) in [7, 11) is -1.97. The van der Waals surface area contributed by atoms with E-state index in [1.807, 2.05) is 0 Å². The molecule has 0 spiro atoms. The third-order valence-corrected chi connectivity index (χ3v) is 4.85. The van der Waals surface area contributed by atoms with E-state index in [9.17, 15) is 13.5 Å². The van der Waals surface area contributed by atoms with E-state index in [4.69, 9.17) is 11.6 Å². The summed E-state index contributed by atoms with van der Waals surface area (Å²) in [6, 6.07) is 4.65. The van der Waals surface area contributed by atoms with Crippen LogP contribution < -0.4 is 4.72 Å². The maximum atomic E-state index is 12.4. The average Bonchev–Trinajstić information content (AvgIpc) is 2.84. The molecule has 0 fully saturated rings. The van der Waals surface area contributed by atoms with Gasteiger partial charge in [-0.1, -0.05) is 11.6 Å². The largest absolute Gasteiger partial charge is 0.392 e. The van der Waals surface area contributed by atoms with Crippen molar-refractivity contribution in [1.82, 2.24) is 14.5 Å². The average molecular weight is 330 g/mol. The lowest BCUT2D eigenvalue weighted by Gasteiger charge is -2.12. The fraction of sp³-hybridized carbons (Fsp3) is 0.308. The highest BCUT2D eigenvalue weighted by molar-refractivity contribution is 7.89. The Morgan fingerprint density at radius 1 is 1.43 bits per heavy atom. The first-order valence-corrected chi connectivity index (χ1v) is 8.07. The molecule has 0 aliphatic carbocycles. The number of nitrogens with zero attached hydrogens (tertiary/aromatic N) is 2. The second-order valence-corrected chi connectivity index (χ2v) is 6.82. The van der Waals surface area contributed by atoms with E-state index >= 15 is 0 Å². The van der Waals surface area contributed by atoms with E-state index in [2.05, 4.69) is 9.82 Å². The summed E-state index contributed by atoms with van der Waals surface area (Å²) in [4.78, 5) is 0.0648. The maximum Gasteiger partial charge on any atom is 0.241 e. The van der Waals surface area contributed by atoms with Gasteiger partial charge in [-0.3, -0.25) is 4.68 Å². The van der Waals surface area contributed by atoms with Crippen molar-refractivity contribution in [2.45, 2.75) is 25.0 Å². The lowest BCUT2D eigenvalue weighted by Crippen LogP contribution is -2.24. The van der Waals surface area contributed by atoms with Gasteiger partial charge in [0.05, 0.1) is 23.7 Å². The number of aliphatic hydroxyl groups is 1. The highest BCUT2D eigenvalue weighted by Gasteiger charge is 2.19. The predicted octanol–water partition coefficient (Wildman–Crippen LogP) is 1.35. The van der Waals surface area contributed by atoms with Crippen molar-refractivity contribution in [2.24, 2.45) is 7.05 Å². The Hall–Kier alpha value is -1.41. The van der Waals surface area contributed by atoms with Crippen LogP contribution in [-0.2, 0) is 30.2 Å². The highest BCUT2D eigenvalue weighted by atomic mass is 35.5. The molecule has 0 atom stereocenters. The molecule has 0 amide bonds. The summed E-state index contributed by atoms with van der Waals surface area (Å²) in [6.45, 7) is 1.45. The minimum Gasteiger partial charge on any atom is -0.392 e. The van der Waals surface area contributed by atoms with Crippen LogP contribution in [0.3, 0.4) is 0 Å². The molecule has 0 saturated carbocycles. The third-order valence-electron chi connectivity index (χ3n) is 3.10. The topological polar surface area (TPSA) is 84.2 Å². The van der Waals surface area contributed by atoms with Gasteiger partial charge < -0.3 is 5.11 Å². The number of nitrogens with one attached hydrogen (secondary N) is 1. The number of hydrogen-bond acceptors (Lipinski definition) is 4. The van der Waals surface area contributed by atoms with E-state index < -0.39 is 10.0 Å². The van der Waals surface area contributed by atoms with Crippen molar-refractivity contribution < 1.29 is 13.5 Å². The number of aromatic nitrogens is 2. The Morgan fingerprint density at radius 2 is 2.14 bits per heavy atom. The van der Waals surface area contributed by atoms with Crippen LogP contribution in [0, 0.1) is 6.92 Å². The quantitative estimate of drug-likeness (QED) is 0.867. The Balaban J connectivity index is 2.29. The number of rotatable bonds is 5. The molecule has 114 valence electrons. The molecule has 1 aromatic heterocycles. The van der Waals surface area contributed by atoms with Gasteiger partial charge in [-0.25, -0.2) is 13.1 Å². The summed E-state index contributed by atoms with van der Waals surface area (Å²) in [5.74, 6) is 0. The monoisotopic (exact) mass is 329 g/mol. The Morgan fingerprint density at radius 3 is 2.71 bits per heavy atom. The van der Waals surface area contributed by atoms with Gasteiger partial charge in [0.2, 0.25) is 10.0 Å². The van der Waals surface area contributed by atoms with Crippen LogP contribution in [-0.4, -0.2) is 23.3 Å². The van der Waals surface area contributed by atoms with Gasteiger partial charge in [-0.05, 0) is 36.2 Å². The summed E-state index contributed by atoms with van der Waals surface area (Å²) in [6.07, 6.45) is 1.73. The number of aliphatic hydroxyl groups excluding tert-OH is 1. The summed E-state index contributed by atoms with van der Waals surface area (Å²) in [5, 5.41) is 13.6. The van der Waals surface area contributed by atoms with Gasteiger partial charge in [-0.2, -0.15) is 5.10 Å². The number of halogens is 1. The van der Waals surface area contributed by atoms with Crippen LogP contribution in [0.25, 0.3) is 0 Å². The molecule has 1 heterocycles. The molecule has 8 heteroatoms. The van der Waals surface area contributed by atoms with Gasteiger partial charge in [0.1, 0.15) is 0 Å². The normalized spacial score (nSPS) is 11.8. The molecule has 2 rings (SSSR count). The predicted molar refractivity (Wildman–Crippen MR) is 79.3 cm³/mol. The van der Waals surface area contributed by atoms with Crippen LogP contribution in [0.5, 0.6) is 0 Å². The zero-order valence-electron chi connectivity index (χ0n) is 11.7. The van der Waals surface area contributed by atoms with Crippen LogP contribution in [0.4, 0.5) is 0 Å². The van der Waals surface area contributed by atoms with Gasteiger partial charge in [0, 0.05) is 18.3 Å². The van der Waals surface area contributed by atoms with Gasteiger partial charge >= 0.3 is 0 Å². The van der Waals surface area contributed by atoms with E-state index in [-0.39, 0.29) is 23.1 Å². The van der Waals surface area contributed by atoms with Gasteiger partial charge in [-0.15, -0.1) is 0 Å². The zero-order valence-corrected chi connectivity index (χ0v) is 13.2. The van der Waals surface area contributed by atoms with Gasteiger partial charge in [0.15, 0.2) is 0 Å². The lowest BCUT2D eigenvalue weighted by atomic mass is 10.1. The molecule has 2 aromatic rings. The SMILES string of the molecule is Cc1c(CO)cc(Cl)cc1S(=O)(=O)NCc1ccn(C)n1. The standard InChI is InChI=1S/C13H16ClN3O3S/c1-9-10(8-18)5-11(14)6-13(9)21(19,20)15-7-12-3-4-17(2)16-12/h3-6,15,18H,7-8H2,1-2H3. The lowest BCUT2D eigenvalue weighted by molar-refractivity contribution is 0.280. The molecule has 0 unspecified atom stereocenters. The van der Waals surface area contributed by atoms with Crippen LogP contribution in [0.2, 0.25) is 5.02 Å². The fourth-order valence-corrected chi connectivity index (χ4v) is 3.57. The Kier molecular flexibility index (Phi) is 4.67. The number of aryl methyl sites for hydroxylation is 1. The summed E-state index contributed by atoms with van der Waals surface area (Å²) >= 11 is 5.91. The van der Waals surface area contributed by atoms with Crippen molar-refractivity contribution in [3.63, 3.8) is 0 Å². The molecule has 0 radical (unpaired) electrons. The molecule has 21 heavy (non-hydrogen) atoms. The fourth-order valence-electron chi connectivity index (χ4n) is 1.96. The second-order valence-electron chi connectivity index (χ2n) is 4.65. The molecule has 0 saturated heterocycles. The van der Waals surface area contributed by atoms with Crippen molar-refractivity contribution in [3.05, 3.63) is 46.2 Å². The first-order chi connectivity index (χ1) is 9.83. The third kappa shape index (κ3) is 3.62. The first-order valence-electron chi connectivity index (χ1n) is 6.21. The van der Waals surface area contributed by atoms with Crippen molar-refractivity contribution >= 4 is 21.6 Å². The molecule has 2 N–H and O–H groups in total. The number of sulfonamides is 1. The van der Waals surface area contributed by atoms with E-state index in [0.29, 0.717) is 16.8 Å². The van der Waals surface area contributed by atoms with Crippen molar-refractivity contribution in [2.75, 3.05) is 0 Å². The molecule has 0 bridgehead atoms. The van der Waals surface area contributed by atoms with Crippen molar-refractivity contribution in [3.8, 4) is 0 Å². The second kappa shape index (κ2) is 6.15. The van der Waals surface area contributed by atoms with E-state index in [1.54, 1.807) is 37.0 Å². The Bertz CT molecular complexity index is 756. The molecule has 0 aliphatic heterocycles. The van der Waals surface area contributed by atoms with Crippen LogP contribution >= 0.6 is 11.6 Å². The van der Waals surface area contributed by atoms with Crippen molar-refractivity contribution in [1.29, 1.82) is 0 Å². The summed E-state index contributed by atoms with van der Waals surface area (Å²) in [5.41, 5.74) is 1.58. The minimum atomic E-state index is -3.73. The smallest absolute Gasteiger partial charge is 0.241 e. The van der Waals surface area contributed by atoms with Gasteiger partial charge in [0.25, 0.3) is 0 Å². The minimum absolute atomic E-state index is 0.0648. The van der Waals surface area contributed by atoms with E-state index in [1.165, 1.54) is 6.07 Å². The summed E-state index contributed by atoms with van der Waals surface area (Å²) < 4.78 is 28.8. The molecule has 6 nitrogen and oxygen atoms in total. The zero-order chi connectivity index (χ0) is 15.6. The van der Waals surface area contributed by atoms with E-state index in [0.717, 1.165) is 0 Å². The number of hydrogen-bond donors (Lipinski definition) is 2. The van der Waals surface area contributed by atoms with Crippen LogP contribution in [0.1, 0.15) is 16.8 Å². The molecule has 1 aromatic carbocycles. The molecular formula is C13H16ClN3O3S. The maximum absolute atomic E-state index is 12.4. The highest BCUT2D eigenvalue weighted by Crippen LogP contribution is 2.24. The number of benzene rings is 1. The molecule has 0 aliphatic rings.